The minimum Gasteiger partial charge on any atom is -0.371 e. The van der Waals surface area contributed by atoms with Gasteiger partial charge in [-0.3, -0.25) is 10.1 Å². The number of sulfonamides is 1. The minimum absolute atomic E-state index is 0.0686. The standard InChI is InChI=1S/C19H23N3O4S/c1-15-9-10-17(13-19(15)22(23)24)27(25,26)20(2)14-16-7-3-4-8-18(16)21-11-5-6-12-21/h3-4,7-10,13H,5-6,11-12,14H2,1-2H3. The summed E-state index contributed by atoms with van der Waals surface area (Å²) in [5, 5.41) is 11.1. The van der Waals surface area contributed by atoms with Gasteiger partial charge in [0.25, 0.3) is 5.69 Å². The molecule has 2 aromatic rings. The molecule has 0 N–H and O–H groups in total. The van der Waals surface area contributed by atoms with Crippen molar-refractivity contribution in [2.45, 2.75) is 31.2 Å². The highest BCUT2D eigenvalue weighted by Gasteiger charge is 2.25. The van der Waals surface area contributed by atoms with Gasteiger partial charge in [-0.05, 0) is 37.5 Å². The lowest BCUT2D eigenvalue weighted by atomic mass is 10.1. The number of nitro benzene ring substituents is 1. The molecule has 0 amide bonds. The van der Waals surface area contributed by atoms with Crippen LogP contribution in [-0.2, 0) is 16.6 Å². The van der Waals surface area contributed by atoms with Crippen LogP contribution in [0.2, 0.25) is 0 Å². The maximum absolute atomic E-state index is 12.9. The lowest BCUT2D eigenvalue weighted by molar-refractivity contribution is -0.385. The lowest BCUT2D eigenvalue weighted by Gasteiger charge is -2.24. The molecule has 1 fully saturated rings. The molecule has 0 unspecified atom stereocenters. The molecule has 1 heterocycles. The van der Waals surface area contributed by atoms with Crippen molar-refractivity contribution in [2.75, 3.05) is 25.0 Å². The number of aryl methyl sites for hydroxylation is 1. The molecule has 0 bridgehead atoms. The van der Waals surface area contributed by atoms with E-state index < -0.39 is 14.9 Å². The Morgan fingerprint density at radius 1 is 1.15 bits per heavy atom. The van der Waals surface area contributed by atoms with E-state index in [0.717, 1.165) is 43.2 Å². The molecule has 1 aliphatic rings. The van der Waals surface area contributed by atoms with Gasteiger partial charge in [0.05, 0.1) is 9.82 Å². The summed E-state index contributed by atoms with van der Waals surface area (Å²) in [6.07, 6.45) is 2.27. The summed E-state index contributed by atoms with van der Waals surface area (Å²) in [6, 6.07) is 11.8. The van der Waals surface area contributed by atoms with Crippen LogP contribution in [0.1, 0.15) is 24.0 Å². The van der Waals surface area contributed by atoms with Crippen molar-refractivity contribution in [3.8, 4) is 0 Å². The monoisotopic (exact) mass is 389 g/mol. The second-order valence-electron chi connectivity index (χ2n) is 6.79. The van der Waals surface area contributed by atoms with Crippen LogP contribution >= 0.6 is 0 Å². The van der Waals surface area contributed by atoms with Crippen molar-refractivity contribution in [3.63, 3.8) is 0 Å². The summed E-state index contributed by atoms with van der Waals surface area (Å²) in [5.74, 6) is 0. The molecule has 0 saturated carbocycles. The SMILES string of the molecule is Cc1ccc(S(=O)(=O)N(C)Cc2ccccc2N2CCCC2)cc1[N+](=O)[O-]. The molecule has 0 spiro atoms. The van der Waals surface area contributed by atoms with Gasteiger partial charge in [0.15, 0.2) is 0 Å². The Balaban J connectivity index is 1.89. The summed E-state index contributed by atoms with van der Waals surface area (Å²) in [6.45, 7) is 3.73. The molecule has 8 heteroatoms. The highest BCUT2D eigenvalue weighted by atomic mass is 32.2. The molecule has 0 radical (unpaired) electrons. The maximum atomic E-state index is 12.9. The quantitative estimate of drug-likeness (QED) is 0.559. The molecule has 1 saturated heterocycles. The number of para-hydroxylation sites is 1. The van der Waals surface area contributed by atoms with Crippen LogP contribution < -0.4 is 4.90 Å². The average molecular weight is 389 g/mol. The smallest absolute Gasteiger partial charge is 0.273 e. The summed E-state index contributed by atoms with van der Waals surface area (Å²) in [7, 11) is -2.34. The van der Waals surface area contributed by atoms with Crippen LogP contribution in [0.15, 0.2) is 47.4 Å². The Morgan fingerprint density at radius 3 is 2.48 bits per heavy atom. The third-order valence-corrected chi connectivity index (χ3v) is 6.72. The Labute approximate surface area is 159 Å². The van der Waals surface area contributed by atoms with E-state index in [9.17, 15) is 18.5 Å². The molecule has 0 atom stereocenters. The number of nitrogens with zero attached hydrogens (tertiary/aromatic N) is 3. The topological polar surface area (TPSA) is 83.8 Å². The average Bonchev–Trinajstić information content (AvgIpc) is 3.16. The first-order valence-corrected chi connectivity index (χ1v) is 10.3. The van der Waals surface area contributed by atoms with Crippen molar-refractivity contribution >= 4 is 21.4 Å². The van der Waals surface area contributed by atoms with Gasteiger partial charge < -0.3 is 4.90 Å². The van der Waals surface area contributed by atoms with Crippen LogP contribution in [0, 0.1) is 17.0 Å². The van der Waals surface area contributed by atoms with Gasteiger partial charge >= 0.3 is 0 Å². The van der Waals surface area contributed by atoms with Crippen LogP contribution in [-0.4, -0.2) is 37.8 Å². The van der Waals surface area contributed by atoms with Crippen molar-refractivity contribution in [2.24, 2.45) is 0 Å². The van der Waals surface area contributed by atoms with Gasteiger partial charge in [-0.1, -0.05) is 24.3 Å². The van der Waals surface area contributed by atoms with E-state index in [4.69, 9.17) is 0 Å². The molecule has 1 aliphatic heterocycles. The molecule has 0 aliphatic carbocycles. The Morgan fingerprint density at radius 2 is 1.81 bits per heavy atom. The van der Waals surface area contributed by atoms with E-state index in [-0.39, 0.29) is 17.1 Å². The Bertz CT molecular complexity index is 953. The van der Waals surface area contributed by atoms with Gasteiger partial charge in [-0.2, -0.15) is 4.31 Å². The van der Waals surface area contributed by atoms with Crippen LogP contribution in [0.3, 0.4) is 0 Å². The highest BCUT2D eigenvalue weighted by molar-refractivity contribution is 7.89. The van der Waals surface area contributed by atoms with E-state index in [1.807, 2.05) is 24.3 Å². The first kappa shape index (κ1) is 19.3. The van der Waals surface area contributed by atoms with E-state index in [0.29, 0.717) is 5.56 Å². The molecule has 144 valence electrons. The molecule has 0 aromatic heterocycles. The van der Waals surface area contributed by atoms with Gasteiger partial charge in [0.1, 0.15) is 0 Å². The van der Waals surface area contributed by atoms with Gasteiger partial charge in [0, 0.05) is 44.0 Å². The van der Waals surface area contributed by atoms with Crippen molar-refractivity contribution in [3.05, 3.63) is 63.7 Å². The number of hydrogen-bond donors (Lipinski definition) is 0. The first-order chi connectivity index (χ1) is 12.8. The van der Waals surface area contributed by atoms with Crippen LogP contribution in [0.4, 0.5) is 11.4 Å². The lowest BCUT2D eigenvalue weighted by Crippen LogP contribution is -2.28. The van der Waals surface area contributed by atoms with E-state index in [1.165, 1.54) is 23.5 Å². The fraction of sp³-hybridized carbons (Fsp3) is 0.368. The molecule has 7 nitrogen and oxygen atoms in total. The summed E-state index contributed by atoms with van der Waals surface area (Å²) < 4.78 is 27.1. The highest BCUT2D eigenvalue weighted by Crippen LogP contribution is 2.28. The largest absolute Gasteiger partial charge is 0.371 e. The van der Waals surface area contributed by atoms with Crippen molar-refractivity contribution < 1.29 is 13.3 Å². The maximum Gasteiger partial charge on any atom is 0.273 e. The third kappa shape index (κ3) is 3.96. The van der Waals surface area contributed by atoms with E-state index in [1.54, 1.807) is 6.92 Å². The molecular formula is C19H23N3O4S. The number of hydrogen-bond acceptors (Lipinski definition) is 5. The van der Waals surface area contributed by atoms with Crippen LogP contribution in [0.25, 0.3) is 0 Å². The summed E-state index contributed by atoms with van der Waals surface area (Å²) in [5.41, 5.74) is 2.21. The zero-order chi connectivity index (χ0) is 19.6. The van der Waals surface area contributed by atoms with Gasteiger partial charge in [-0.15, -0.1) is 0 Å². The number of nitro groups is 1. The second kappa shape index (κ2) is 7.66. The van der Waals surface area contributed by atoms with Crippen molar-refractivity contribution in [1.82, 2.24) is 4.31 Å². The molecular weight excluding hydrogens is 366 g/mol. The fourth-order valence-electron chi connectivity index (χ4n) is 3.36. The normalized spacial score (nSPS) is 14.7. The van der Waals surface area contributed by atoms with Crippen LogP contribution in [0.5, 0.6) is 0 Å². The minimum atomic E-state index is -3.84. The number of rotatable bonds is 6. The third-order valence-electron chi connectivity index (χ3n) is 4.92. The predicted octanol–water partition coefficient (Wildman–Crippen LogP) is 3.32. The first-order valence-electron chi connectivity index (χ1n) is 8.85. The Hall–Kier alpha value is -2.45. The van der Waals surface area contributed by atoms with Gasteiger partial charge in [-0.25, -0.2) is 8.42 Å². The zero-order valence-corrected chi connectivity index (χ0v) is 16.3. The van der Waals surface area contributed by atoms with E-state index >= 15 is 0 Å². The fourth-order valence-corrected chi connectivity index (χ4v) is 4.53. The summed E-state index contributed by atoms with van der Waals surface area (Å²) in [4.78, 5) is 12.8. The molecule has 27 heavy (non-hydrogen) atoms. The van der Waals surface area contributed by atoms with E-state index in [2.05, 4.69) is 4.90 Å². The summed E-state index contributed by atoms with van der Waals surface area (Å²) >= 11 is 0. The number of anilines is 1. The predicted molar refractivity (Wildman–Crippen MR) is 104 cm³/mol. The molecule has 3 rings (SSSR count). The second-order valence-corrected chi connectivity index (χ2v) is 8.83. The molecule has 2 aromatic carbocycles. The zero-order valence-electron chi connectivity index (χ0n) is 15.5. The Kier molecular flexibility index (Phi) is 5.48. The number of benzene rings is 2. The van der Waals surface area contributed by atoms with Gasteiger partial charge in [0.2, 0.25) is 10.0 Å². The van der Waals surface area contributed by atoms with Crippen molar-refractivity contribution in [1.29, 1.82) is 0 Å².